The van der Waals surface area contributed by atoms with Crippen molar-refractivity contribution in [3.63, 3.8) is 0 Å². The molecule has 0 rings (SSSR count). The zero-order valence-electron chi connectivity index (χ0n) is 9.23. The Hall–Kier alpha value is 0.623. The summed E-state index contributed by atoms with van der Waals surface area (Å²) in [5.41, 5.74) is 0. The molecule has 0 N–H and O–H groups in total. The fraction of sp³-hybridized carbons (Fsp3) is 0.818. The molecule has 0 saturated carbocycles. The molecule has 0 aromatic rings. The molecule has 0 aromatic heterocycles. The van der Waals surface area contributed by atoms with Gasteiger partial charge in [-0.1, -0.05) is 39.0 Å². The van der Waals surface area contributed by atoms with E-state index in [1.165, 1.54) is 32.1 Å². The molecular weight excluding hydrogens is 198 g/mol. The van der Waals surface area contributed by atoms with E-state index in [1.807, 2.05) is 20.3 Å². The van der Waals surface area contributed by atoms with E-state index < -0.39 is 0 Å². The summed E-state index contributed by atoms with van der Waals surface area (Å²) in [6.45, 7) is 10.0. The Bertz CT molecular complexity index is 38.3. The van der Waals surface area contributed by atoms with Gasteiger partial charge >= 0.3 is 19.5 Å². The SMILES string of the molecule is C[CH-]C.[CH2-]CCCCCCC.[Zn+2]. The zero-order valence-corrected chi connectivity index (χ0v) is 12.2. The van der Waals surface area contributed by atoms with Crippen molar-refractivity contribution in [2.75, 3.05) is 0 Å². The second kappa shape index (κ2) is 22.6. The van der Waals surface area contributed by atoms with Crippen LogP contribution in [-0.4, -0.2) is 0 Å². The minimum absolute atomic E-state index is 0. The van der Waals surface area contributed by atoms with Gasteiger partial charge in [0.15, 0.2) is 0 Å². The molecule has 0 aromatic carbocycles. The van der Waals surface area contributed by atoms with Crippen molar-refractivity contribution in [2.45, 2.75) is 59.3 Å². The predicted molar refractivity (Wildman–Crippen MR) is 54.4 cm³/mol. The summed E-state index contributed by atoms with van der Waals surface area (Å²) in [5.74, 6) is 0. The summed E-state index contributed by atoms with van der Waals surface area (Å²) in [6, 6.07) is 0. The van der Waals surface area contributed by atoms with E-state index in [0.717, 1.165) is 6.42 Å². The van der Waals surface area contributed by atoms with Gasteiger partial charge in [0.25, 0.3) is 0 Å². The third-order valence-corrected chi connectivity index (χ3v) is 1.35. The molecule has 0 fully saturated rings. The summed E-state index contributed by atoms with van der Waals surface area (Å²) in [5, 5.41) is 0. The summed E-state index contributed by atoms with van der Waals surface area (Å²) in [4.78, 5) is 0. The topological polar surface area (TPSA) is 0 Å². The molecule has 70 valence electrons. The Morgan fingerprint density at radius 1 is 1.00 bits per heavy atom. The van der Waals surface area contributed by atoms with Gasteiger partial charge in [0.2, 0.25) is 0 Å². The van der Waals surface area contributed by atoms with Crippen LogP contribution in [0.4, 0.5) is 0 Å². The third-order valence-electron chi connectivity index (χ3n) is 1.35. The van der Waals surface area contributed by atoms with Crippen molar-refractivity contribution >= 4 is 0 Å². The van der Waals surface area contributed by atoms with E-state index in [-0.39, 0.29) is 19.5 Å². The van der Waals surface area contributed by atoms with E-state index in [0.29, 0.717) is 0 Å². The normalized spacial score (nSPS) is 8.00. The molecule has 1 heteroatoms. The van der Waals surface area contributed by atoms with E-state index in [4.69, 9.17) is 0 Å². The summed E-state index contributed by atoms with van der Waals surface area (Å²) >= 11 is 0. The molecule has 0 aliphatic rings. The molecule has 0 unspecified atom stereocenters. The number of hydrogen-bond donors (Lipinski definition) is 0. The maximum Gasteiger partial charge on any atom is 2.00 e. The van der Waals surface area contributed by atoms with Crippen LogP contribution in [0.1, 0.15) is 59.3 Å². The molecule has 0 atom stereocenters. The molecule has 0 aliphatic heterocycles. The molecule has 12 heavy (non-hydrogen) atoms. The Balaban J connectivity index is -0.000000177. The second-order valence-electron chi connectivity index (χ2n) is 2.85. The first-order valence-electron chi connectivity index (χ1n) is 4.86. The van der Waals surface area contributed by atoms with Crippen molar-refractivity contribution in [1.29, 1.82) is 0 Å². The van der Waals surface area contributed by atoms with Gasteiger partial charge in [-0.3, -0.25) is 0 Å². The van der Waals surface area contributed by atoms with Crippen molar-refractivity contribution in [1.82, 2.24) is 0 Å². The van der Waals surface area contributed by atoms with Crippen molar-refractivity contribution < 1.29 is 19.5 Å². The van der Waals surface area contributed by atoms with Crippen molar-refractivity contribution in [3.8, 4) is 0 Å². The predicted octanol–water partition coefficient (Wildman–Crippen LogP) is 4.41. The monoisotopic (exact) mass is 220 g/mol. The summed E-state index contributed by atoms with van der Waals surface area (Å²) < 4.78 is 0. The van der Waals surface area contributed by atoms with Gasteiger partial charge in [-0.05, 0) is 0 Å². The van der Waals surface area contributed by atoms with Crippen LogP contribution in [0.2, 0.25) is 0 Å². The first kappa shape index (κ1) is 18.4. The molecule has 0 heterocycles. The van der Waals surface area contributed by atoms with Crippen LogP contribution >= 0.6 is 0 Å². The van der Waals surface area contributed by atoms with E-state index in [2.05, 4.69) is 13.8 Å². The zero-order chi connectivity index (χ0) is 8.95. The average molecular weight is 222 g/mol. The molecule has 0 spiro atoms. The van der Waals surface area contributed by atoms with Crippen LogP contribution in [0.5, 0.6) is 0 Å². The largest absolute Gasteiger partial charge is 2.00 e. The van der Waals surface area contributed by atoms with Crippen LogP contribution in [-0.2, 0) is 19.5 Å². The van der Waals surface area contributed by atoms with Crippen LogP contribution in [0, 0.1) is 13.3 Å². The van der Waals surface area contributed by atoms with E-state index in [1.54, 1.807) is 0 Å². The number of hydrogen-bond acceptors (Lipinski definition) is 0. The fourth-order valence-corrected chi connectivity index (χ4v) is 0.780. The quantitative estimate of drug-likeness (QED) is 0.367. The summed E-state index contributed by atoms with van der Waals surface area (Å²) in [7, 11) is 0. The van der Waals surface area contributed by atoms with Crippen molar-refractivity contribution in [3.05, 3.63) is 13.3 Å². The Labute approximate surface area is 92.3 Å². The van der Waals surface area contributed by atoms with Crippen LogP contribution < -0.4 is 0 Å². The molecule has 0 bridgehead atoms. The van der Waals surface area contributed by atoms with Gasteiger partial charge in [0, 0.05) is 0 Å². The summed E-state index contributed by atoms with van der Waals surface area (Å²) in [6.07, 6.45) is 9.98. The molecule has 0 amide bonds. The van der Waals surface area contributed by atoms with Gasteiger partial charge in [-0.25, -0.2) is 0 Å². The smallest absolute Gasteiger partial charge is 0.343 e. The second-order valence-corrected chi connectivity index (χ2v) is 2.85. The molecule has 0 saturated heterocycles. The first-order valence-corrected chi connectivity index (χ1v) is 4.86. The average Bonchev–Trinajstić information content (AvgIpc) is 2.00. The fourth-order valence-electron chi connectivity index (χ4n) is 0.780. The molecule has 0 aliphatic carbocycles. The van der Waals surface area contributed by atoms with E-state index >= 15 is 0 Å². The van der Waals surface area contributed by atoms with Crippen LogP contribution in [0.3, 0.4) is 0 Å². The van der Waals surface area contributed by atoms with Crippen molar-refractivity contribution in [2.24, 2.45) is 0 Å². The molecule has 0 nitrogen and oxygen atoms in total. The van der Waals surface area contributed by atoms with E-state index in [9.17, 15) is 0 Å². The standard InChI is InChI=1S/C8H17.C3H7.Zn/c1-3-5-7-8-6-4-2;1-3-2;/h1,3-8H2,2H3;3H,1-2H3;/q2*-1;+2. The van der Waals surface area contributed by atoms with Crippen LogP contribution in [0.25, 0.3) is 0 Å². The Morgan fingerprint density at radius 2 is 1.42 bits per heavy atom. The number of rotatable bonds is 5. The van der Waals surface area contributed by atoms with Gasteiger partial charge < -0.3 is 13.3 Å². The Kier molecular flexibility index (Phi) is 34.6. The molecule has 0 radical (unpaired) electrons. The van der Waals surface area contributed by atoms with Gasteiger partial charge in [-0.2, -0.15) is 20.3 Å². The number of unbranched alkanes of at least 4 members (excludes halogenated alkanes) is 5. The van der Waals surface area contributed by atoms with Gasteiger partial charge in [0.05, 0.1) is 0 Å². The maximum atomic E-state index is 3.78. The maximum absolute atomic E-state index is 3.78. The minimum Gasteiger partial charge on any atom is -0.343 e. The van der Waals surface area contributed by atoms with Gasteiger partial charge in [0.1, 0.15) is 0 Å². The molecular formula is C11H24Zn. The Morgan fingerprint density at radius 3 is 1.75 bits per heavy atom. The first-order chi connectivity index (χ1) is 5.33. The van der Waals surface area contributed by atoms with Crippen LogP contribution in [0.15, 0.2) is 0 Å². The third kappa shape index (κ3) is 31.1. The minimum atomic E-state index is 0. The van der Waals surface area contributed by atoms with Gasteiger partial charge in [-0.15, -0.1) is 0 Å².